The topological polar surface area (TPSA) is 79.1 Å². The third kappa shape index (κ3) is 4.96. The summed E-state index contributed by atoms with van der Waals surface area (Å²) in [5, 5.41) is 0.613. The number of hydrogen-bond donors (Lipinski definition) is 0. The Bertz CT molecular complexity index is 1490. The van der Waals surface area contributed by atoms with Crippen molar-refractivity contribution < 1.29 is 19.0 Å². The van der Waals surface area contributed by atoms with Crippen molar-refractivity contribution in [1.29, 1.82) is 0 Å². The van der Waals surface area contributed by atoms with Crippen LogP contribution in [0.4, 0.5) is 0 Å². The Morgan fingerprint density at radius 3 is 2.53 bits per heavy atom. The second kappa shape index (κ2) is 11.1. The number of carbonyl (C=O) groups excluding carboxylic acids is 1. The van der Waals surface area contributed by atoms with Gasteiger partial charge in [0, 0.05) is 10.6 Å². The first kappa shape index (κ1) is 25.7. The number of rotatable bonds is 8. The van der Waals surface area contributed by atoms with Crippen molar-refractivity contribution in [2.24, 2.45) is 4.99 Å². The molecule has 0 radical (unpaired) electrons. The van der Waals surface area contributed by atoms with Crippen LogP contribution in [0.3, 0.4) is 0 Å². The number of aromatic nitrogens is 1. The summed E-state index contributed by atoms with van der Waals surface area (Å²) in [4.78, 5) is 32.4. The Morgan fingerprint density at radius 2 is 1.89 bits per heavy atom. The fourth-order valence-electron chi connectivity index (χ4n) is 4.18. The minimum Gasteiger partial charge on any atom is -0.497 e. The van der Waals surface area contributed by atoms with Gasteiger partial charge in [-0.25, -0.2) is 9.79 Å². The minimum atomic E-state index is -0.792. The Kier molecular flexibility index (Phi) is 7.96. The van der Waals surface area contributed by atoms with Gasteiger partial charge < -0.3 is 14.2 Å². The van der Waals surface area contributed by atoms with Crippen molar-refractivity contribution in [3.05, 3.63) is 89.6 Å². The molecule has 4 rings (SSSR count). The van der Waals surface area contributed by atoms with Gasteiger partial charge in [0.05, 0.1) is 36.6 Å². The molecule has 1 atom stereocenters. The molecule has 0 saturated heterocycles. The molecule has 0 aliphatic carbocycles. The number of nitrogens with zero attached hydrogens (tertiary/aromatic N) is 2. The predicted octanol–water partition coefficient (Wildman–Crippen LogP) is 4.25. The van der Waals surface area contributed by atoms with E-state index in [2.05, 4.69) is 0 Å². The number of fused-ring (bicyclic) bond motifs is 1. The molecule has 0 N–H and O–H groups in total. The molecule has 3 aromatic rings. The van der Waals surface area contributed by atoms with Crippen LogP contribution >= 0.6 is 22.9 Å². The minimum absolute atomic E-state index is 0.199. The van der Waals surface area contributed by atoms with Gasteiger partial charge in [0.25, 0.3) is 5.56 Å². The maximum atomic E-state index is 13.8. The van der Waals surface area contributed by atoms with E-state index in [0.29, 0.717) is 49.1 Å². The Morgan fingerprint density at radius 1 is 1.14 bits per heavy atom. The summed E-state index contributed by atoms with van der Waals surface area (Å²) in [5.74, 6) is 0.588. The molecule has 0 amide bonds. The molecule has 0 spiro atoms. The van der Waals surface area contributed by atoms with Crippen LogP contribution in [0.1, 0.15) is 43.9 Å². The molecule has 2 aromatic carbocycles. The number of esters is 1. The van der Waals surface area contributed by atoms with E-state index in [-0.39, 0.29) is 12.2 Å². The number of methoxy groups -OCH3 is 2. The van der Waals surface area contributed by atoms with Crippen LogP contribution in [-0.4, -0.2) is 31.4 Å². The van der Waals surface area contributed by atoms with E-state index in [1.165, 1.54) is 11.3 Å². The number of thiazole rings is 1. The third-order valence-electron chi connectivity index (χ3n) is 5.79. The van der Waals surface area contributed by atoms with E-state index < -0.39 is 12.0 Å². The van der Waals surface area contributed by atoms with E-state index in [4.69, 9.17) is 30.8 Å². The van der Waals surface area contributed by atoms with Gasteiger partial charge in [-0.2, -0.15) is 0 Å². The lowest BCUT2D eigenvalue weighted by molar-refractivity contribution is -0.139. The van der Waals surface area contributed by atoms with Crippen molar-refractivity contribution in [2.75, 3.05) is 20.8 Å². The van der Waals surface area contributed by atoms with Gasteiger partial charge in [0.2, 0.25) is 0 Å². The van der Waals surface area contributed by atoms with Crippen LogP contribution in [0, 0.1) is 0 Å². The second-order valence-corrected chi connectivity index (χ2v) is 9.52. The molecule has 0 fully saturated rings. The maximum absolute atomic E-state index is 13.8. The average molecular weight is 527 g/mol. The van der Waals surface area contributed by atoms with Crippen molar-refractivity contribution >= 4 is 35.0 Å². The molecule has 188 valence electrons. The quantitative estimate of drug-likeness (QED) is 0.410. The predicted molar refractivity (Wildman–Crippen MR) is 141 cm³/mol. The van der Waals surface area contributed by atoms with Crippen LogP contribution in [0.25, 0.3) is 6.08 Å². The van der Waals surface area contributed by atoms with Crippen LogP contribution in [0.15, 0.2) is 63.5 Å². The number of ether oxygens (including phenoxy) is 3. The smallest absolute Gasteiger partial charge is 0.338 e. The Balaban J connectivity index is 2.05. The lowest BCUT2D eigenvalue weighted by Gasteiger charge is -2.27. The summed E-state index contributed by atoms with van der Waals surface area (Å²) in [7, 11) is 3.12. The summed E-state index contributed by atoms with van der Waals surface area (Å²) < 4.78 is 18.6. The SMILES string of the molecule is CCCC1=C(C(=O)OCC)[C@H](c2cc(OC)ccc2OC)n2c(s/c(=C\c3ccc(Cl)cc3)c2=O)=N1. The van der Waals surface area contributed by atoms with E-state index in [9.17, 15) is 9.59 Å². The molecule has 9 heteroatoms. The highest BCUT2D eigenvalue weighted by Crippen LogP contribution is 2.38. The average Bonchev–Trinajstić information content (AvgIpc) is 3.18. The fraction of sp³-hybridized carbons (Fsp3) is 0.296. The fourth-order valence-corrected chi connectivity index (χ4v) is 5.32. The van der Waals surface area contributed by atoms with E-state index >= 15 is 0 Å². The molecule has 2 heterocycles. The van der Waals surface area contributed by atoms with Gasteiger partial charge in [-0.1, -0.05) is 48.4 Å². The molecule has 1 aromatic heterocycles. The summed E-state index contributed by atoms with van der Waals surface area (Å²) in [6.07, 6.45) is 3.12. The first-order chi connectivity index (χ1) is 17.4. The molecule has 0 saturated carbocycles. The van der Waals surface area contributed by atoms with Crippen LogP contribution in [0.2, 0.25) is 5.02 Å². The zero-order chi connectivity index (χ0) is 25.8. The number of benzene rings is 2. The van der Waals surface area contributed by atoms with Crippen LogP contribution < -0.4 is 24.4 Å². The standard InChI is InChI=1S/C27H27ClN2O5S/c1-5-7-20-23(26(32)35-6-2)24(19-15-18(33-3)12-13-21(19)34-4)30-25(31)22(36-27(30)29-20)14-16-8-10-17(28)11-9-16/h8-15,24H,5-7H2,1-4H3/b22-14-/t24-/m0/s1. The molecule has 0 unspecified atom stereocenters. The van der Waals surface area contributed by atoms with Crippen LogP contribution in [0.5, 0.6) is 11.5 Å². The summed E-state index contributed by atoms with van der Waals surface area (Å²) >= 11 is 7.30. The highest BCUT2D eigenvalue weighted by molar-refractivity contribution is 7.07. The molecular formula is C27H27ClN2O5S. The van der Waals surface area contributed by atoms with Crippen molar-refractivity contribution in [1.82, 2.24) is 4.57 Å². The molecule has 0 bridgehead atoms. The number of allylic oxidation sites excluding steroid dienone is 1. The largest absolute Gasteiger partial charge is 0.497 e. The third-order valence-corrected chi connectivity index (χ3v) is 7.03. The highest BCUT2D eigenvalue weighted by atomic mass is 35.5. The Labute approximate surface area is 217 Å². The number of hydrogen-bond acceptors (Lipinski definition) is 7. The summed E-state index contributed by atoms with van der Waals surface area (Å²) in [6.45, 7) is 3.97. The van der Waals surface area contributed by atoms with Crippen molar-refractivity contribution in [3.63, 3.8) is 0 Å². The van der Waals surface area contributed by atoms with Gasteiger partial charge in [0.15, 0.2) is 4.80 Å². The molecule has 1 aliphatic heterocycles. The first-order valence-electron chi connectivity index (χ1n) is 11.6. The maximum Gasteiger partial charge on any atom is 0.338 e. The van der Waals surface area contributed by atoms with Gasteiger partial charge in [-0.05, 0) is 55.3 Å². The second-order valence-electron chi connectivity index (χ2n) is 8.07. The van der Waals surface area contributed by atoms with Crippen molar-refractivity contribution in [3.8, 4) is 11.5 Å². The van der Waals surface area contributed by atoms with E-state index in [0.717, 1.165) is 12.0 Å². The molecular weight excluding hydrogens is 500 g/mol. The zero-order valence-corrected chi connectivity index (χ0v) is 22.1. The highest BCUT2D eigenvalue weighted by Gasteiger charge is 2.36. The first-order valence-corrected chi connectivity index (χ1v) is 12.8. The van der Waals surface area contributed by atoms with Gasteiger partial charge >= 0.3 is 5.97 Å². The van der Waals surface area contributed by atoms with Crippen molar-refractivity contribution in [2.45, 2.75) is 32.7 Å². The normalized spacial score (nSPS) is 15.4. The Hall–Kier alpha value is -3.36. The summed E-state index contributed by atoms with van der Waals surface area (Å²) in [6, 6.07) is 11.8. The molecule has 36 heavy (non-hydrogen) atoms. The lowest BCUT2D eigenvalue weighted by Crippen LogP contribution is -2.40. The van der Waals surface area contributed by atoms with Gasteiger partial charge in [0.1, 0.15) is 17.5 Å². The van der Waals surface area contributed by atoms with Crippen LogP contribution in [-0.2, 0) is 9.53 Å². The molecule has 7 nitrogen and oxygen atoms in total. The number of halogens is 1. The lowest BCUT2D eigenvalue weighted by atomic mass is 9.93. The summed E-state index contributed by atoms with van der Waals surface area (Å²) in [5.41, 5.74) is 2.11. The molecule has 1 aliphatic rings. The zero-order valence-electron chi connectivity index (χ0n) is 20.5. The van der Waals surface area contributed by atoms with E-state index in [1.54, 1.807) is 62.1 Å². The monoisotopic (exact) mass is 526 g/mol. The van der Waals surface area contributed by atoms with E-state index in [1.807, 2.05) is 19.1 Å². The van der Waals surface area contributed by atoms with Gasteiger partial charge in [-0.3, -0.25) is 9.36 Å². The number of carbonyl (C=O) groups is 1. The van der Waals surface area contributed by atoms with Gasteiger partial charge in [-0.15, -0.1) is 0 Å².